The number of hydrogen-bond acceptors (Lipinski definition) is 5. The fourth-order valence-corrected chi connectivity index (χ4v) is 1.89. The van der Waals surface area contributed by atoms with Gasteiger partial charge < -0.3 is 14.9 Å². The van der Waals surface area contributed by atoms with E-state index in [4.69, 9.17) is 11.6 Å². The molecule has 1 aromatic heterocycles. The highest BCUT2D eigenvalue weighted by Crippen LogP contribution is 2.23. The van der Waals surface area contributed by atoms with E-state index in [1.165, 1.54) is 6.33 Å². The fourth-order valence-electron chi connectivity index (χ4n) is 1.71. The van der Waals surface area contributed by atoms with Crippen LogP contribution in [0.25, 0.3) is 0 Å². The van der Waals surface area contributed by atoms with Crippen LogP contribution in [-0.2, 0) is 6.61 Å². The third-order valence-corrected chi connectivity index (χ3v) is 2.96. The number of anilines is 1. The zero-order chi connectivity index (χ0) is 13.5. The Morgan fingerprint density at radius 3 is 2.50 bits per heavy atom. The Hall–Kier alpha value is -0.910. The summed E-state index contributed by atoms with van der Waals surface area (Å²) in [6, 6.07) is 0. The first-order valence-electron chi connectivity index (χ1n) is 6.10. The highest BCUT2D eigenvalue weighted by molar-refractivity contribution is 6.30. The molecule has 0 aromatic carbocycles. The molecule has 18 heavy (non-hydrogen) atoms. The minimum absolute atomic E-state index is 0.142. The van der Waals surface area contributed by atoms with Gasteiger partial charge in [-0.2, -0.15) is 0 Å². The number of hydrogen-bond donors (Lipinski definition) is 1. The van der Waals surface area contributed by atoms with Gasteiger partial charge in [-0.05, 0) is 20.5 Å². The Labute approximate surface area is 113 Å². The smallest absolute Gasteiger partial charge is 0.140 e. The van der Waals surface area contributed by atoms with Crippen molar-refractivity contribution in [2.24, 2.45) is 0 Å². The summed E-state index contributed by atoms with van der Waals surface area (Å²) in [5.74, 6) is 0.737. The summed E-state index contributed by atoms with van der Waals surface area (Å²) in [5.41, 5.74) is 0.603. The molecule has 0 atom stereocenters. The Kier molecular flexibility index (Phi) is 6.32. The summed E-state index contributed by atoms with van der Waals surface area (Å²) < 4.78 is 0. The van der Waals surface area contributed by atoms with Crippen molar-refractivity contribution in [1.82, 2.24) is 14.9 Å². The SMILES string of the molecule is CCCN(CCN(C)C)c1ncnc(Cl)c1CO. The number of aliphatic hydroxyl groups excluding tert-OH is 1. The van der Waals surface area contributed by atoms with Crippen LogP contribution in [0.2, 0.25) is 5.15 Å². The van der Waals surface area contributed by atoms with E-state index in [1.54, 1.807) is 0 Å². The second kappa shape index (κ2) is 7.51. The lowest BCUT2D eigenvalue weighted by Gasteiger charge is -2.26. The number of nitrogens with zero attached hydrogens (tertiary/aromatic N) is 4. The summed E-state index contributed by atoms with van der Waals surface area (Å²) in [6.07, 6.45) is 2.45. The zero-order valence-electron chi connectivity index (χ0n) is 11.2. The number of aromatic nitrogens is 2. The predicted molar refractivity (Wildman–Crippen MR) is 74.0 cm³/mol. The van der Waals surface area contributed by atoms with Crippen molar-refractivity contribution in [3.8, 4) is 0 Å². The summed E-state index contributed by atoms with van der Waals surface area (Å²) in [6.45, 7) is 4.63. The van der Waals surface area contributed by atoms with Gasteiger partial charge in [0.1, 0.15) is 17.3 Å². The van der Waals surface area contributed by atoms with Crippen LogP contribution in [0.5, 0.6) is 0 Å². The third-order valence-electron chi connectivity index (χ3n) is 2.64. The third kappa shape index (κ3) is 4.08. The zero-order valence-corrected chi connectivity index (χ0v) is 12.0. The molecule has 1 N–H and O–H groups in total. The molecule has 5 nitrogen and oxygen atoms in total. The molecule has 0 saturated heterocycles. The van der Waals surface area contributed by atoms with Crippen LogP contribution in [0.4, 0.5) is 5.82 Å². The quantitative estimate of drug-likeness (QED) is 0.761. The molecule has 0 aliphatic rings. The number of likely N-dealkylation sites (N-methyl/N-ethyl adjacent to an activating group) is 1. The van der Waals surface area contributed by atoms with Crippen LogP contribution in [-0.4, -0.2) is 53.7 Å². The summed E-state index contributed by atoms with van der Waals surface area (Å²) in [4.78, 5) is 12.4. The van der Waals surface area contributed by atoms with Crippen LogP contribution in [0.1, 0.15) is 18.9 Å². The standard InChI is InChI=1S/C12H21ClN4O/c1-4-5-17(7-6-16(2)3)12-10(8-18)11(13)14-9-15-12/h9,18H,4-8H2,1-3H3. The Bertz CT molecular complexity index is 373. The molecule has 0 saturated carbocycles. The lowest BCUT2D eigenvalue weighted by atomic mass is 10.2. The second-order valence-corrected chi connectivity index (χ2v) is 4.77. The van der Waals surface area contributed by atoms with E-state index in [0.717, 1.165) is 31.9 Å². The first kappa shape index (κ1) is 15.1. The Morgan fingerprint density at radius 1 is 1.22 bits per heavy atom. The molecule has 0 aliphatic heterocycles. The van der Waals surface area contributed by atoms with Crippen molar-refractivity contribution in [3.05, 3.63) is 17.0 Å². The van der Waals surface area contributed by atoms with E-state index < -0.39 is 0 Å². The van der Waals surface area contributed by atoms with Crippen molar-refractivity contribution in [2.75, 3.05) is 38.6 Å². The Morgan fingerprint density at radius 2 is 1.94 bits per heavy atom. The van der Waals surface area contributed by atoms with Gasteiger partial charge in [-0.25, -0.2) is 9.97 Å². The van der Waals surface area contributed by atoms with Gasteiger partial charge in [0.15, 0.2) is 0 Å². The summed E-state index contributed by atoms with van der Waals surface area (Å²) >= 11 is 5.99. The minimum atomic E-state index is -0.142. The maximum Gasteiger partial charge on any atom is 0.140 e. The van der Waals surface area contributed by atoms with Crippen molar-refractivity contribution in [3.63, 3.8) is 0 Å². The molecule has 0 radical (unpaired) electrons. The van der Waals surface area contributed by atoms with Gasteiger partial charge in [0, 0.05) is 19.6 Å². The first-order chi connectivity index (χ1) is 8.60. The lowest BCUT2D eigenvalue weighted by Crippen LogP contribution is -2.33. The molecule has 1 aromatic rings. The number of rotatable bonds is 7. The summed E-state index contributed by atoms with van der Waals surface area (Å²) in [5, 5.41) is 9.72. The second-order valence-electron chi connectivity index (χ2n) is 4.42. The lowest BCUT2D eigenvalue weighted by molar-refractivity contribution is 0.281. The van der Waals surface area contributed by atoms with Crippen LogP contribution >= 0.6 is 11.6 Å². The van der Waals surface area contributed by atoms with Crippen molar-refractivity contribution < 1.29 is 5.11 Å². The highest BCUT2D eigenvalue weighted by atomic mass is 35.5. The van der Waals surface area contributed by atoms with Crippen molar-refractivity contribution >= 4 is 17.4 Å². The average Bonchev–Trinajstić information content (AvgIpc) is 2.34. The Balaban J connectivity index is 2.93. The average molecular weight is 273 g/mol. The molecule has 1 heterocycles. The largest absolute Gasteiger partial charge is 0.391 e. The van der Waals surface area contributed by atoms with Crippen LogP contribution < -0.4 is 4.90 Å². The molecule has 0 bridgehead atoms. The van der Waals surface area contributed by atoms with E-state index in [-0.39, 0.29) is 6.61 Å². The van der Waals surface area contributed by atoms with Gasteiger partial charge in [0.2, 0.25) is 0 Å². The van der Waals surface area contributed by atoms with Gasteiger partial charge in [-0.15, -0.1) is 0 Å². The van der Waals surface area contributed by atoms with Crippen molar-refractivity contribution in [1.29, 1.82) is 0 Å². The van der Waals surface area contributed by atoms with Gasteiger partial charge in [0.05, 0.1) is 12.2 Å². The fraction of sp³-hybridized carbons (Fsp3) is 0.667. The van der Waals surface area contributed by atoms with E-state index in [2.05, 4.69) is 26.7 Å². The molecule has 0 unspecified atom stereocenters. The maximum atomic E-state index is 9.39. The molecule has 0 aliphatic carbocycles. The van der Waals surface area contributed by atoms with Gasteiger partial charge >= 0.3 is 0 Å². The van der Waals surface area contributed by atoms with Gasteiger partial charge in [0.25, 0.3) is 0 Å². The molecule has 0 spiro atoms. The van der Waals surface area contributed by atoms with Crippen LogP contribution in [0.15, 0.2) is 6.33 Å². The van der Waals surface area contributed by atoms with E-state index >= 15 is 0 Å². The predicted octanol–water partition coefficient (Wildman–Crippen LogP) is 1.40. The van der Waals surface area contributed by atoms with E-state index in [1.807, 2.05) is 14.1 Å². The highest BCUT2D eigenvalue weighted by Gasteiger charge is 2.15. The monoisotopic (exact) mass is 272 g/mol. The minimum Gasteiger partial charge on any atom is -0.391 e. The van der Waals surface area contributed by atoms with Crippen LogP contribution in [0.3, 0.4) is 0 Å². The summed E-state index contributed by atoms with van der Waals surface area (Å²) in [7, 11) is 4.06. The molecule has 102 valence electrons. The first-order valence-corrected chi connectivity index (χ1v) is 6.47. The molecular formula is C12H21ClN4O. The number of halogens is 1. The molecule has 6 heteroatoms. The van der Waals surface area contributed by atoms with E-state index in [0.29, 0.717) is 10.7 Å². The normalized spacial score (nSPS) is 11.0. The molecular weight excluding hydrogens is 252 g/mol. The van der Waals surface area contributed by atoms with Gasteiger partial charge in [-0.3, -0.25) is 0 Å². The molecule has 0 amide bonds. The van der Waals surface area contributed by atoms with Crippen LogP contribution in [0, 0.1) is 0 Å². The number of aliphatic hydroxyl groups is 1. The maximum absolute atomic E-state index is 9.39. The molecule has 1 rings (SSSR count). The van der Waals surface area contributed by atoms with E-state index in [9.17, 15) is 5.11 Å². The molecule has 0 fully saturated rings. The topological polar surface area (TPSA) is 52.5 Å². The van der Waals surface area contributed by atoms with Gasteiger partial charge in [-0.1, -0.05) is 18.5 Å². The van der Waals surface area contributed by atoms with Crippen molar-refractivity contribution in [2.45, 2.75) is 20.0 Å².